The first-order valence-electron chi connectivity index (χ1n) is 8.59. The summed E-state index contributed by atoms with van der Waals surface area (Å²) in [4.78, 5) is 14.8. The van der Waals surface area contributed by atoms with Gasteiger partial charge in [-0.1, -0.05) is 26.7 Å². The van der Waals surface area contributed by atoms with Gasteiger partial charge in [-0.2, -0.15) is 0 Å². The molecular formula is C16H33Cl2N3O2. The molecule has 2 aliphatic rings. The molecule has 2 saturated heterocycles. The van der Waals surface area contributed by atoms with Crippen molar-refractivity contribution in [2.45, 2.75) is 51.6 Å². The molecule has 2 N–H and O–H groups in total. The number of halogens is 2. The molecule has 2 atom stereocenters. The third-order valence-corrected chi connectivity index (χ3v) is 4.93. The summed E-state index contributed by atoms with van der Waals surface area (Å²) in [5.74, 6) is 0.754. The number of likely N-dealkylation sites (tertiary alicyclic amines) is 1. The number of ether oxygens (including phenoxy) is 1. The number of rotatable bonds is 7. The molecule has 0 spiro atoms. The molecule has 2 rings (SSSR count). The molecule has 23 heavy (non-hydrogen) atoms. The third-order valence-electron chi connectivity index (χ3n) is 4.93. The third kappa shape index (κ3) is 6.75. The zero-order valence-electron chi connectivity index (χ0n) is 14.4. The SMILES string of the molecule is CCC(CC)C(CNC(=O)C1COCCN1)N1CCCC1.Cl.Cl. The van der Waals surface area contributed by atoms with Gasteiger partial charge in [-0.05, 0) is 31.8 Å². The van der Waals surface area contributed by atoms with Crippen molar-refractivity contribution in [1.82, 2.24) is 15.5 Å². The molecule has 2 unspecified atom stereocenters. The molecule has 0 aliphatic carbocycles. The molecule has 0 saturated carbocycles. The van der Waals surface area contributed by atoms with Crippen LogP contribution >= 0.6 is 24.8 Å². The second-order valence-electron chi connectivity index (χ2n) is 6.21. The van der Waals surface area contributed by atoms with E-state index in [-0.39, 0.29) is 36.8 Å². The smallest absolute Gasteiger partial charge is 0.239 e. The predicted molar refractivity (Wildman–Crippen MR) is 98.8 cm³/mol. The number of nitrogens with zero attached hydrogens (tertiary/aromatic N) is 1. The minimum absolute atomic E-state index is 0. The second-order valence-corrected chi connectivity index (χ2v) is 6.21. The quantitative estimate of drug-likeness (QED) is 0.718. The van der Waals surface area contributed by atoms with E-state index in [0.717, 1.165) is 13.1 Å². The maximum Gasteiger partial charge on any atom is 0.239 e. The zero-order valence-corrected chi connectivity index (χ0v) is 16.0. The lowest BCUT2D eigenvalue weighted by molar-refractivity contribution is -0.126. The Bertz CT molecular complexity index is 316. The summed E-state index contributed by atoms with van der Waals surface area (Å²) >= 11 is 0. The number of amides is 1. The molecular weight excluding hydrogens is 337 g/mol. The first kappa shape index (κ1) is 22.9. The van der Waals surface area contributed by atoms with Gasteiger partial charge in [-0.3, -0.25) is 9.69 Å². The van der Waals surface area contributed by atoms with Crippen LogP contribution in [-0.4, -0.2) is 62.3 Å². The molecule has 138 valence electrons. The van der Waals surface area contributed by atoms with E-state index in [0.29, 0.717) is 25.2 Å². The molecule has 2 heterocycles. The van der Waals surface area contributed by atoms with Gasteiger partial charge in [0.05, 0.1) is 13.2 Å². The van der Waals surface area contributed by atoms with Gasteiger partial charge in [0, 0.05) is 19.1 Å². The van der Waals surface area contributed by atoms with Crippen LogP contribution in [0.25, 0.3) is 0 Å². The number of carbonyl (C=O) groups excluding carboxylic acids is 1. The zero-order chi connectivity index (χ0) is 15.1. The van der Waals surface area contributed by atoms with Gasteiger partial charge in [-0.25, -0.2) is 0 Å². The Kier molecular flexibility index (Phi) is 12.3. The highest BCUT2D eigenvalue weighted by atomic mass is 35.5. The molecule has 2 aliphatic heterocycles. The monoisotopic (exact) mass is 369 g/mol. The van der Waals surface area contributed by atoms with Gasteiger partial charge in [-0.15, -0.1) is 24.8 Å². The summed E-state index contributed by atoms with van der Waals surface area (Å²) in [5.41, 5.74) is 0. The van der Waals surface area contributed by atoms with E-state index < -0.39 is 0 Å². The highest BCUT2D eigenvalue weighted by Crippen LogP contribution is 2.22. The fraction of sp³-hybridized carbons (Fsp3) is 0.938. The van der Waals surface area contributed by atoms with Crippen LogP contribution in [0.15, 0.2) is 0 Å². The van der Waals surface area contributed by atoms with Crippen molar-refractivity contribution in [3.63, 3.8) is 0 Å². The van der Waals surface area contributed by atoms with Crippen molar-refractivity contribution in [3.8, 4) is 0 Å². The predicted octanol–water partition coefficient (Wildman–Crippen LogP) is 1.84. The van der Waals surface area contributed by atoms with Gasteiger partial charge >= 0.3 is 0 Å². The van der Waals surface area contributed by atoms with Crippen LogP contribution in [0.4, 0.5) is 0 Å². The Labute approximate surface area is 153 Å². The van der Waals surface area contributed by atoms with Crippen LogP contribution in [-0.2, 0) is 9.53 Å². The van der Waals surface area contributed by atoms with Crippen molar-refractivity contribution in [2.75, 3.05) is 39.4 Å². The summed E-state index contributed by atoms with van der Waals surface area (Å²) in [6.07, 6.45) is 4.95. The van der Waals surface area contributed by atoms with Crippen LogP contribution in [0, 0.1) is 5.92 Å². The van der Waals surface area contributed by atoms with Crippen LogP contribution in [0.3, 0.4) is 0 Å². The number of nitrogens with one attached hydrogen (secondary N) is 2. The standard InChI is InChI=1S/C16H31N3O2.2ClH/c1-3-13(4-2)15(19-8-5-6-9-19)11-18-16(20)14-12-21-10-7-17-14;;/h13-15,17H,3-12H2,1-2H3,(H,18,20);2*1H. The Hall–Kier alpha value is -0.0700. The van der Waals surface area contributed by atoms with E-state index >= 15 is 0 Å². The first-order chi connectivity index (χ1) is 10.3. The number of carbonyl (C=O) groups is 1. The summed E-state index contributed by atoms with van der Waals surface area (Å²) in [7, 11) is 0. The maximum absolute atomic E-state index is 12.2. The van der Waals surface area contributed by atoms with Crippen molar-refractivity contribution in [3.05, 3.63) is 0 Å². The lowest BCUT2D eigenvalue weighted by atomic mass is 9.93. The van der Waals surface area contributed by atoms with Gasteiger partial charge in [0.25, 0.3) is 0 Å². The number of hydrogen-bond acceptors (Lipinski definition) is 4. The minimum atomic E-state index is -0.181. The van der Waals surface area contributed by atoms with Gasteiger partial charge < -0.3 is 15.4 Å². The molecule has 1 amide bonds. The molecule has 0 bridgehead atoms. The highest BCUT2D eigenvalue weighted by molar-refractivity contribution is 5.85. The number of morpholine rings is 1. The fourth-order valence-electron chi connectivity index (χ4n) is 3.56. The van der Waals surface area contributed by atoms with E-state index in [2.05, 4.69) is 29.4 Å². The second kappa shape index (κ2) is 12.3. The molecule has 7 heteroatoms. The van der Waals surface area contributed by atoms with Crippen molar-refractivity contribution in [1.29, 1.82) is 0 Å². The van der Waals surface area contributed by atoms with E-state index in [1.165, 1.54) is 38.8 Å². The highest BCUT2D eigenvalue weighted by Gasteiger charge is 2.29. The summed E-state index contributed by atoms with van der Waals surface area (Å²) in [6, 6.07) is 0.302. The molecule has 0 radical (unpaired) electrons. The summed E-state index contributed by atoms with van der Waals surface area (Å²) < 4.78 is 5.37. The Balaban J connectivity index is 0.00000242. The van der Waals surface area contributed by atoms with Crippen LogP contribution < -0.4 is 10.6 Å². The van der Waals surface area contributed by atoms with Crippen LogP contribution in [0.1, 0.15) is 39.5 Å². The summed E-state index contributed by atoms with van der Waals surface area (Å²) in [6.45, 7) is 9.61. The maximum atomic E-state index is 12.2. The van der Waals surface area contributed by atoms with Crippen LogP contribution in [0.5, 0.6) is 0 Å². The molecule has 2 fully saturated rings. The first-order valence-corrected chi connectivity index (χ1v) is 8.59. The van der Waals surface area contributed by atoms with E-state index in [1.807, 2.05) is 0 Å². The minimum Gasteiger partial charge on any atom is -0.378 e. The summed E-state index contributed by atoms with van der Waals surface area (Å²) in [5, 5.41) is 6.37. The fourth-order valence-corrected chi connectivity index (χ4v) is 3.56. The Morgan fingerprint density at radius 3 is 2.43 bits per heavy atom. The lowest BCUT2D eigenvalue weighted by Gasteiger charge is -2.34. The van der Waals surface area contributed by atoms with Crippen molar-refractivity contribution < 1.29 is 9.53 Å². The van der Waals surface area contributed by atoms with E-state index in [1.54, 1.807) is 0 Å². The average molecular weight is 370 g/mol. The van der Waals surface area contributed by atoms with E-state index in [4.69, 9.17) is 4.74 Å². The Morgan fingerprint density at radius 1 is 1.26 bits per heavy atom. The van der Waals surface area contributed by atoms with Crippen LogP contribution in [0.2, 0.25) is 0 Å². The number of hydrogen-bond donors (Lipinski definition) is 2. The van der Waals surface area contributed by atoms with Crippen molar-refractivity contribution in [2.24, 2.45) is 5.92 Å². The largest absolute Gasteiger partial charge is 0.378 e. The molecule has 0 aromatic rings. The normalized spacial score (nSPS) is 23.0. The van der Waals surface area contributed by atoms with Gasteiger partial charge in [0.15, 0.2) is 0 Å². The van der Waals surface area contributed by atoms with Gasteiger partial charge in [0.2, 0.25) is 5.91 Å². The topological polar surface area (TPSA) is 53.6 Å². The van der Waals surface area contributed by atoms with Crippen molar-refractivity contribution >= 4 is 30.7 Å². The molecule has 5 nitrogen and oxygen atoms in total. The Morgan fingerprint density at radius 2 is 1.91 bits per heavy atom. The average Bonchev–Trinajstić information content (AvgIpc) is 3.06. The van der Waals surface area contributed by atoms with Gasteiger partial charge in [0.1, 0.15) is 6.04 Å². The lowest BCUT2D eigenvalue weighted by Crippen LogP contribution is -2.54. The van der Waals surface area contributed by atoms with E-state index in [9.17, 15) is 4.79 Å². The molecule has 0 aromatic heterocycles. The molecule has 0 aromatic carbocycles.